The number of hydrogen-bond acceptors (Lipinski definition) is 6. The number of allylic oxidation sites excluding steroid dienone is 2. The smallest absolute Gasteiger partial charge is 0.334 e. The Bertz CT molecular complexity index is 926. The number of esters is 1. The van der Waals surface area contributed by atoms with Gasteiger partial charge in [0.05, 0.1) is 12.0 Å². The fraction of sp³-hybridized carbons (Fsp3) is 0.680. The SMILES string of the molecule is C/C=C(/C)C(=O)O[C@H]1C(C)=C[C@@]23C(=O)[C@@H](C=C(CO)[C@@H](O)[C@]12O)[C@H]1[C@H](C[C@H]3C)C1(C)C. The minimum absolute atomic E-state index is 0.0209. The zero-order valence-electron chi connectivity index (χ0n) is 19.2. The van der Waals surface area contributed by atoms with Gasteiger partial charge in [0.15, 0.2) is 17.5 Å². The van der Waals surface area contributed by atoms with Gasteiger partial charge in [0, 0.05) is 11.5 Å². The molecule has 4 rings (SSSR count). The maximum Gasteiger partial charge on any atom is 0.334 e. The second-order valence-corrected chi connectivity index (χ2v) is 10.6. The van der Waals surface area contributed by atoms with Crippen molar-refractivity contribution in [2.45, 2.75) is 65.8 Å². The van der Waals surface area contributed by atoms with E-state index in [1.165, 1.54) is 0 Å². The fourth-order valence-electron chi connectivity index (χ4n) is 6.91. The monoisotopic (exact) mass is 430 g/mol. The minimum atomic E-state index is -2.08. The zero-order valence-corrected chi connectivity index (χ0v) is 19.2. The van der Waals surface area contributed by atoms with E-state index in [0.29, 0.717) is 17.1 Å². The highest BCUT2D eigenvalue weighted by Gasteiger charge is 2.76. The quantitative estimate of drug-likeness (QED) is 0.361. The molecule has 4 aliphatic rings. The summed E-state index contributed by atoms with van der Waals surface area (Å²) >= 11 is 0. The van der Waals surface area contributed by atoms with Crippen molar-refractivity contribution in [3.8, 4) is 0 Å². The third kappa shape index (κ3) is 2.61. The highest BCUT2D eigenvalue weighted by atomic mass is 16.6. The third-order valence-electron chi connectivity index (χ3n) is 8.88. The summed E-state index contributed by atoms with van der Waals surface area (Å²) in [6.45, 7) is 10.8. The molecule has 2 saturated carbocycles. The highest BCUT2D eigenvalue weighted by molar-refractivity contribution is 5.96. The predicted octanol–water partition coefficient (Wildman–Crippen LogP) is 2.33. The Hall–Kier alpha value is -1.76. The van der Waals surface area contributed by atoms with Crippen molar-refractivity contribution in [1.82, 2.24) is 0 Å². The molecule has 170 valence electrons. The van der Waals surface area contributed by atoms with Crippen molar-refractivity contribution >= 4 is 11.8 Å². The number of fused-ring (bicyclic) bond motifs is 3. The van der Waals surface area contributed by atoms with Crippen LogP contribution in [0.15, 0.2) is 34.9 Å². The summed E-state index contributed by atoms with van der Waals surface area (Å²) in [5, 5.41) is 33.7. The highest BCUT2D eigenvalue weighted by Crippen LogP contribution is 2.71. The maximum atomic E-state index is 14.2. The lowest BCUT2D eigenvalue weighted by molar-refractivity contribution is -0.201. The molecule has 6 heteroatoms. The number of aliphatic hydroxyl groups is 3. The van der Waals surface area contributed by atoms with Crippen LogP contribution in [0.1, 0.15) is 48.0 Å². The fourth-order valence-corrected chi connectivity index (χ4v) is 6.91. The number of hydrogen-bond donors (Lipinski definition) is 3. The summed E-state index contributed by atoms with van der Waals surface area (Å²) < 4.78 is 5.72. The van der Waals surface area contributed by atoms with Gasteiger partial charge >= 0.3 is 5.97 Å². The summed E-state index contributed by atoms with van der Waals surface area (Å²) in [6.07, 6.45) is 3.04. The van der Waals surface area contributed by atoms with Crippen LogP contribution in [0.3, 0.4) is 0 Å². The van der Waals surface area contributed by atoms with Gasteiger partial charge < -0.3 is 20.1 Å². The molecule has 0 aromatic rings. The first-order valence-electron chi connectivity index (χ1n) is 11.2. The number of ether oxygens (including phenoxy) is 1. The normalized spacial score (nSPS) is 45.6. The number of Topliss-reactive ketones (excluding diaryl/α,β-unsaturated/α-hetero) is 1. The van der Waals surface area contributed by atoms with Crippen molar-refractivity contribution in [3.63, 3.8) is 0 Å². The molecule has 8 atom stereocenters. The van der Waals surface area contributed by atoms with E-state index in [2.05, 4.69) is 13.8 Å². The van der Waals surface area contributed by atoms with E-state index in [4.69, 9.17) is 4.74 Å². The lowest BCUT2D eigenvalue weighted by atomic mass is 9.59. The Morgan fingerprint density at radius 3 is 2.58 bits per heavy atom. The number of carbonyl (C=O) groups is 2. The summed E-state index contributed by atoms with van der Waals surface area (Å²) in [5.74, 6) is -1.13. The molecule has 2 fully saturated rings. The van der Waals surface area contributed by atoms with E-state index in [1.807, 2.05) is 6.92 Å². The van der Waals surface area contributed by atoms with Gasteiger partial charge in [-0.15, -0.1) is 0 Å². The van der Waals surface area contributed by atoms with Crippen molar-refractivity contribution in [2.24, 2.45) is 34.5 Å². The lowest BCUT2D eigenvalue weighted by Crippen LogP contribution is -2.65. The second kappa shape index (κ2) is 6.87. The lowest BCUT2D eigenvalue weighted by Gasteiger charge is -2.48. The Morgan fingerprint density at radius 1 is 1.35 bits per heavy atom. The topological polar surface area (TPSA) is 104 Å². The number of carbonyl (C=O) groups excluding carboxylic acids is 2. The molecule has 0 aliphatic heterocycles. The van der Waals surface area contributed by atoms with Crippen molar-refractivity contribution in [1.29, 1.82) is 0 Å². The van der Waals surface area contributed by atoms with Gasteiger partial charge in [0.1, 0.15) is 6.10 Å². The molecule has 0 amide bonds. The molecule has 2 bridgehead atoms. The molecule has 0 heterocycles. The van der Waals surface area contributed by atoms with Gasteiger partial charge in [0.2, 0.25) is 0 Å². The molecule has 3 N–H and O–H groups in total. The van der Waals surface area contributed by atoms with Crippen LogP contribution in [0.25, 0.3) is 0 Å². The predicted molar refractivity (Wildman–Crippen MR) is 115 cm³/mol. The van der Waals surface area contributed by atoms with Gasteiger partial charge in [-0.05, 0) is 61.5 Å². The molecule has 0 aromatic heterocycles. The van der Waals surface area contributed by atoms with Crippen LogP contribution in [0.2, 0.25) is 0 Å². The first-order valence-corrected chi connectivity index (χ1v) is 11.2. The minimum Gasteiger partial charge on any atom is -0.451 e. The number of aliphatic hydroxyl groups excluding tert-OH is 2. The summed E-state index contributed by atoms with van der Waals surface area (Å²) in [5.41, 5.74) is -2.36. The number of rotatable bonds is 3. The van der Waals surface area contributed by atoms with Crippen LogP contribution in [0, 0.1) is 34.5 Å². The van der Waals surface area contributed by atoms with Gasteiger partial charge in [0.25, 0.3) is 0 Å². The van der Waals surface area contributed by atoms with Gasteiger partial charge in [-0.1, -0.05) is 39.0 Å². The van der Waals surface area contributed by atoms with Crippen LogP contribution in [-0.4, -0.2) is 51.5 Å². The molecule has 4 aliphatic carbocycles. The van der Waals surface area contributed by atoms with Crippen LogP contribution < -0.4 is 0 Å². The van der Waals surface area contributed by atoms with Crippen molar-refractivity contribution in [2.75, 3.05) is 6.61 Å². The molecule has 31 heavy (non-hydrogen) atoms. The van der Waals surface area contributed by atoms with E-state index < -0.39 is 41.7 Å². The van der Waals surface area contributed by atoms with Gasteiger partial charge in [-0.25, -0.2) is 4.79 Å². The van der Waals surface area contributed by atoms with Gasteiger partial charge in [-0.2, -0.15) is 0 Å². The summed E-state index contributed by atoms with van der Waals surface area (Å²) in [6, 6.07) is 0. The molecule has 0 unspecified atom stereocenters. The average molecular weight is 431 g/mol. The Labute approximate surface area is 183 Å². The Kier molecular flexibility index (Phi) is 4.97. The molecule has 6 nitrogen and oxygen atoms in total. The van der Waals surface area contributed by atoms with E-state index >= 15 is 0 Å². The van der Waals surface area contributed by atoms with Crippen LogP contribution >= 0.6 is 0 Å². The van der Waals surface area contributed by atoms with Crippen molar-refractivity contribution < 1.29 is 29.6 Å². The molecule has 0 radical (unpaired) electrons. The molecular formula is C25H34O6. The zero-order chi connectivity index (χ0) is 23.1. The molecule has 0 aromatic carbocycles. The summed E-state index contributed by atoms with van der Waals surface area (Å²) in [7, 11) is 0. The largest absolute Gasteiger partial charge is 0.451 e. The number of ketones is 1. The van der Waals surface area contributed by atoms with Gasteiger partial charge in [-0.3, -0.25) is 4.79 Å². The molecule has 0 saturated heterocycles. The standard InChI is InChI=1S/C25H34O6/c1-7-12(2)22(29)31-21-13(3)10-24-14(4)8-17-18(23(17,5)6)16(20(24)28)9-15(11-26)19(27)25(21,24)30/h7,9-10,14,16-19,21,26-27,30H,8,11H2,1-6H3/b12-7-/t14-,16+,17+,18+,19-,21+,24-,25+/m1/s1. The second-order valence-electron chi connectivity index (χ2n) is 10.6. The van der Waals surface area contributed by atoms with E-state index in [9.17, 15) is 24.9 Å². The summed E-state index contributed by atoms with van der Waals surface area (Å²) in [4.78, 5) is 26.8. The van der Waals surface area contributed by atoms with E-state index in [0.717, 1.165) is 6.42 Å². The van der Waals surface area contributed by atoms with Crippen LogP contribution in [0.5, 0.6) is 0 Å². The Balaban J connectivity index is 1.91. The van der Waals surface area contributed by atoms with Crippen LogP contribution in [-0.2, 0) is 14.3 Å². The Morgan fingerprint density at radius 2 is 2.00 bits per heavy atom. The first kappa shape index (κ1) is 22.4. The average Bonchev–Trinajstić information content (AvgIpc) is 3.21. The third-order valence-corrected chi connectivity index (χ3v) is 8.88. The van der Waals surface area contributed by atoms with E-state index in [1.54, 1.807) is 39.0 Å². The van der Waals surface area contributed by atoms with Crippen molar-refractivity contribution in [3.05, 3.63) is 34.9 Å². The first-order chi connectivity index (χ1) is 14.4. The van der Waals surface area contributed by atoms with Crippen LogP contribution in [0.4, 0.5) is 0 Å². The molecule has 1 spiro atoms. The van der Waals surface area contributed by atoms with E-state index in [-0.39, 0.29) is 28.6 Å². The maximum absolute atomic E-state index is 14.2. The molecular weight excluding hydrogens is 396 g/mol.